The summed E-state index contributed by atoms with van der Waals surface area (Å²) in [6.45, 7) is 29.3. The molecule has 5 aromatic rings. The molecule has 283 valence electrons. The third kappa shape index (κ3) is 10.6. The summed E-state index contributed by atoms with van der Waals surface area (Å²) in [6, 6.07) is 24.1. The maximum atomic E-state index is 17.4. The molecule has 0 unspecified atom stereocenters. The van der Waals surface area contributed by atoms with Crippen LogP contribution in [0.15, 0.2) is 72.6 Å². The van der Waals surface area contributed by atoms with Crippen LogP contribution in [0.4, 0.5) is 4.39 Å². The number of pyridine rings is 1. The number of rotatable bonds is 8. The number of carbonyl (C=O) groups is 1. The maximum absolute atomic E-state index is 17.4. The van der Waals surface area contributed by atoms with Crippen molar-refractivity contribution in [2.45, 2.75) is 118 Å². The van der Waals surface area contributed by atoms with Crippen molar-refractivity contribution in [1.82, 2.24) is 4.98 Å². The number of nitrogens with zero attached hydrogens (tertiary/aromatic N) is 1. The number of aliphatic hydroxyl groups is 1. The number of benzene rings is 3. The molecule has 1 N–H and O–H groups in total. The molecule has 2 heterocycles. The fourth-order valence-electron chi connectivity index (χ4n) is 6.62. The summed E-state index contributed by atoms with van der Waals surface area (Å²) < 4.78 is 19.6. The number of alkyl halides is 1. The van der Waals surface area contributed by atoms with Gasteiger partial charge in [0.1, 0.15) is 11.4 Å². The standard InChI is InChI=1S/C33H39FNSSi2.C11H20O2.Ir/c1-22(2)28-19-24(18-23-12-9-10-13-25(23)28)30-32-27(16-17-35-30)26-14-11-15-29(31(26)36-32)33(34,20-37(3,4)5)21-38(6,7)8;1-10(2,3)8(12)7-9(13)11(4,5)6;/h9-17,19,22H,20-21H2,1-8H3;7,12H,1-6H3;/q-1;;/b;8-7-;. The second kappa shape index (κ2) is 16.1. The van der Waals surface area contributed by atoms with Crippen LogP contribution in [0.5, 0.6) is 0 Å². The van der Waals surface area contributed by atoms with Crippen molar-refractivity contribution in [3.05, 3.63) is 89.8 Å². The number of allylic oxidation sites excluding steroid dienone is 2. The Bertz CT molecular complexity index is 2060. The van der Waals surface area contributed by atoms with Crippen molar-refractivity contribution in [1.29, 1.82) is 0 Å². The predicted molar refractivity (Wildman–Crippen MR) is 227 cm³/mol. The molecule has 0 aliphatic heterocycles. The molecule has 2 aromatic heterocycles. The SMILES string of the molecule is CC(C)(C)C(=O)/C=C(\O)C(C)(C)C.CC(C)c1cc(-c2nccc3c2sc2c(C(F)(C[Si](C)(C)C)C[Si](C)(C)C)cccc23)[c-]c2ccccc12.[Ir]. The van der Waals surface area contributed by atoms with Gasteiger partial charge in [-0.05, 0) is 29.5 Å². The predicted octanol–water partition coefficient (Wildman–Crippen LogP) is 14.1. The first-order valence-electron chi connectivity index (χ1n) is 18.2. The van der Waals surface area contributed by atoms with Gasteiger partial charge in [0.05, 0.1) is 0 Å². The summed E-state index contributed by atoms with van der Waals surface area (Å²) >= 11 is 1.72. The molecule has 0 aliphatic rings. The minimum Gasteiger partial charge on any atom is -0.512 e. The van der Waals surface area contributed by atoms with Gasteiger partial charge in [0.2, 0.25) is 0 Å². The van der Waals surface area contributed by atoms with Crippen LogP contribution in [0.2, 0.25) is 51.4 Å². The summed E-state index contributed by atoms with van der Waals surface area (Å²) in [5.74, 6) is 0.490. The zero-order valence-corrected chi connectivity index (χ0v) is 39.0. The normalized spacial score (nSPS) is 13.3. The van der Waals surface area contributed by atoms with E-state index in [4.69, 9.17) is 4.98 Å². The van der Waals surface area contributed by atoms with Crippen molar-refractivity contribution in [2.75, 3.05) is 0 Å². The Morgan fingerprint density at radius 3 is 1.94 bits per heavy atom. The molecule has 52 heavy (non-hydrogen) atoms. The molecule has 0 aliphatic carbocycles. The number of hydrogen-bond donors (Lipinski definition) is 1. The van der Waals surface area contributed by atoms with E-state index < -0.39 is 27.2 Å². The van der Waals surface area contributed by atoms with Crippen molar-refractivity contribution >= 4 is 64.2 Å². The summed E-state index contributed by atoms with van der Waals surface area (Å²) in [7, 11) is -3.35. The molecule has 0 bridgehead atoms. The number of halogens is 1. The first-order chi connectivity index (χ1) is 23.3. The molecule has 3 nitrogen and oxygen atoms in total. The smallest absolute Gasteiger partial charge is 0.164 e. The van der Waals surface area contributed by atoms with E-state index in [9.17, 15) is 9.90 Å². The average molecular weight is 933 g/mol. The van der Waals surface area contributed by atoms with E-state index in [-0.39, 0.29) is 37.1 Å². The molecule has 1 radical (unpaired) electrons. The Balaban J connectivity index is 0.000000447. The van der Waals surface area contributed by atoms with E-state index in [1.54, 1.807) is 11.3 Å². The van der Waals surface area contributed by atoms with Gasteiger partial charge in [-0.2, -0.15) is 0 Å². The zero-order chi connectivity index (χ0) is 38.3. The van der Waals surface area contributed by atoms with Gasteiger partial charge in [-0.15, -0.1) is 40.5 Å². The average Bonchev–Trinajstić information content (AvgIpc) is 3.37. The molecule has 8 heteroatoms. The molecule has 0 amide bonds. The van der Waals surface area contributed by atoms with Gasteiger partial charge in [0.15, 0.2) is 5.78 Å². The monoisotopic (exact) mass is 933 g/mol. The van der Waals surface area contributed by atoms with E-state index in [1.165, 1.54) is 17.0 Å². The van der Waals surface area contributed by atoms with Gasteiger partial charge in [-0.1, -0.05) is 142 Å². The Morgan fingerprint density at radius 1 is 0.846 bits per heavy atom. The second-order valence-electron chi connectivity index (χ2n) is 19.0. The van der Waals surface area contributed by atoms with Crippen LogP contribution < -0.4 is 0 Å². The first-order valence-corrected chi connectivity index (χ1v) is 26.4. The summed E-state index contributed by atoms with van der Waals surface area (Å²) in [5, 5.41) is 14.2. The van der Waals surface area contributed by atoms with Crippen molar-refractivity contribution in [2.24, 2.45) is 10.8 Å². The second-order valence-corrected chi connectivity index (χ2v) is 31.0. The Morgan fingerprint density at radius 2 is 1.40 bits per heavy atom. The van der Waals surface area contributed by atoms with Crippen LogP contribution in [0, 0.1) is 16.9 Å². The quantitative estimate of drug-likeness (QED) is 0.0730. The van der Waals surface area contributed by atoms with Gasteiger partial charge in [0.25, 0.3) is 0 Å². The number of fused-ring (bicyclic) bond motifs is 4. The molecule has 0 saturated heterocycles. The molecule has 0 saturated carbocycles. The van der Waals surface area contributed by atoms with Crippen LogP contribution >= 0.6 is 11.3 Å². The minimum absolute atomic E-state index is 0. The molecule has 0 spiro atoms. The molecule has 0 atom stereocenters. The van der Waals surface area contributed by atoms with Crippen LogP contribution in [-0.4, -0.2) is 32.0 Å². The molecular weight excluding hydrogens is 874 g/mol. The van der Waals surface area contributed by atoms with Gasteiger partial charge >= 0.3 is 0 Å². The fraction of sp³-hybridized carbons (Fsp3) is 0.455. The van der Waals surface area contributed by atoms with E-state index in [0.717, 1.165) is 42.4 Å². The number of carbonyl (C=O) groups excluding carboxylic acids is 1. The summed E-state index contributed by atoms with van der Waals surface area (Å²) in [5.41, 5.74) is 2.09. The van der Waals surface area contributed by atoms with Gasteiger partial charge in [-0.25, -0.2) is 4.39 Å². The zero-order valence-electron chi connectivity index (χ0n) is 33.8. The molecule has 5 rings (SSSR count). The number of aliphatic hydroxyl groups excluding tert-OH is 1. The van der Waals surface area contributed by atoms with Crippen LogP contribution in [0.25, 0.3) is 42.2 Å². The van der Waals surface area contributed by atoms with Crippen LogP contribution in [0.1, 0.15) is 72.4 Å². The van der Waals surface area contributed by atoms with E-state index in [0.29, 0.717) is 18.0 Å². The Labute approximate surface area is 331 Å². The minimum atomic E-state index is -1.67. The van der Waals surface area contributed by atoms with Crippen molar-refractivity contribution in [3.8, 4) is 11.3 Å². The first kappa shape index (κ1) is 43.9. The van der Waals surface area contributed by atoms with Crippen LogP contribution in [0.3, 0.4) is 0 Å². The van der Waals surface area contributed by atoms with Crippen molar-refractivity contribution < 1.29 is 34.4 Å². The fourth-order valence-corrected chi connectivity index (χ4v) is 12.3. The Kier molecular flexibility index (Phi) is 13.6. The van der Waals surface area contributed by atoms with Gasteiger partial charge < -0.3 is 5.11 Å². The van der Waals surface area contributed by atoms with E-state index in [2.05, 4.69) is 114 Å². The van der Waals surface area contributed by atoms with E-state index >= 15 is 4.39 Å². The number of thiophene rings is 1. The van der Waals surface area contributed by atoms with Crippen LogP contribution in [-0.2, 0) is 30.6 Å². The molecule has 3 aromatic carbocycles. The number of hydrogen-bond acceptors (Lipinski definition) is 4. The number of aromatic nitrogens is 1. The summed E-state index contributed by atoms with van der Waals surface area (Å²) in [4.78, 5) is 16.4. The van der Waals surface area contributed by atoms with Gasteiger partial charge in [-0.3, -0.25) is 9.78 Å². The number of ketones is 1. The topological polar surface area (TPSA) is 50.2 Å². The third-order valence-corrected chi connectivity index (χ3v) is 13.5. The summed E-state index contributed by atoms with van der Waals surface area (Å²) in [6.07, 6.45) is 3.24. The van der Waals surface area contributed by atoms with E-state index in [1.807, 2.05) is 47.7 Å². The largest absolute Gasteiger partial charge is 0.512 e. The van der Waals surface area contributed by atoms with Crippen molar-refractivity contribution in [3.63, 3.8) is 0 Å². The maximum Gasteiger partial charge on any atom is 0.164 e. The molecule has 0 fully saturated rings. The third-order valence-electron chi connectivity index (χ3n) is 8.98. The molecular formula is C44H59FIrNO2SSi2-. The Hall–Kier alpha value is -2.49. The van der Waals surface area contributed by atoms with Gasteiger partial charge in [0, 0.05) is 85.4 Å².